The van der Waals surface area contributed by atoms with Gasteiger partial charge in [-0.3, -0.25) is 0 Å². The molecule has 0 bridgehead atoms. The van der Waals surface area contributed by atoms with E-state index in [1.54, 1.807) is 0 Å². The predicted molar refractivity (Wildman–Crippen MR) is 82.8 cm³/mol. The fraction of sp³-hybridized carbons (Fsp3) is 0.529. The van der Waals surface area contributed by atoms with Crippen molar-refractivity contribution in [3.63, 3.8) is 0 Å². The van der Waals surface area contributed by atoms with Crippen molar-refractivity contribution in [2.75, 3.05) is 13.2 Å². The van der Waals surface area contributed by atoms with E-state index in [0.29, 0.717) is 12.6 Å². The molecule has 1 N–H and O–H groups in total. The molecular formula is C17H27NO. The van der Waals surface area contributed by atoms with Crippen LogP contribution in [0.3, 0.4) is 0 Å². The average Bonchev–Trinajstić information content (AvgIpc) is 2.35. The van der Waals surface area contributed by atoms with E-state index in [0.717, 1.165) is 30.7 Å². The molecule has 0 amide bonds. The molecule has 2 heteroatoms. The number of benzene rings is 1. The molecule has 0 spiro atoms. The first-order chi connectivity index (χ1) is 9.04. The highest BCUT2D eigenvalue weighted by molar-refractivity contribution is 5.39. The number of rotatable bonds is 8. The smallest absolute Gasteiger partial charge is 0.124 e. The molecule has 0 saturated carbocycles. The number of hydrogen-bond donors (Lipinski definition) is 1. The Kier molecular flexibility index (Phi) is 6.65. The van der Waals surface area contributed by atoms with Gasteiger partial charge in [-0.15, -0.1) is 6.58 Å². The molecule has 0 aliphatic carbocycles. The Bertz CT molecular complexity index is 412. The Morgan fingerprint density at radius 3 is 2.79 bits per heavy atom. The first-order valence-corrected chi connectivity index (χ1v) is 7.15. The van der Waals surface area contributed by atoms with Crippen molar-refractivity contribution >= 4 is 0 Å². The summed E-state index contributed by atoms with van der Waals surface area (Å²) in [5.41, 5.74) is 3.63. The van der Waals surface area contributed by atoms with Gasteiger partial charge in [-0.1, -0.05) is 24.6 Å². The number of hydrogen-bond acceptors (Lipinski definition) is 2. The first-order valence-electron chi connectivity index (χ1n) is 7.15. The van der Waals surface area contributed by atoms with Crippen LogP contribution in [-0.2, 0) is 0 Å². The van der Waals surface area contributed by atoms with Crippen LogP contribution in [-0.4, -0.2) is 13.2 Å². The molecule has 0 heterocycles. The van der Waals surface area contributed by atoms with E-state index >= 15 is 0 Å². The fourth-order valence-corrected chi connectivity index (χ4v) is 1.93. The second kappa shape index (κ2) is 8.00. The van der Waals surface area contributed by atoms with Gasteiger partial charge in [0.2, 0.25) is 0 Å². The molecule has 106 valence electrons. The summed E-state index contributed by atoms with van der Waals surface area (Å²) in [5.74, 6) is 0.998. The summed E-state index contributed by atoms with van der Waals surface area (Å²) < 4.78 is 5.93. The Labute approximate surface area is 117 Å². The summed E-state index contributed by atoms with van der Waals surface area (Å²) in [6, 6.07) is 6.75. The van der Waals surface area contributed by atoms with Gasteiger partial charge in [0.1, 0.15) is 5.75 Å². The molecule has 1 atom stereocenters. The van der Waals surface area contributed by atoms with Crippen LogP contribution in [0.2, 0.25) is 0 Å². The molecule has 2 nitrogen and oxygen atoms in total. The Hall–Kier alpha value is -1.28. The second-order valence-electron chi connectivity index (χ2n) is 5.27. The van der Waals surface area contributed by atoms with E-state index < -0.39 is 0 Å². The highest BCUT2D eigenvalue weighted by Gasteiger charge is 2.11. The third kappa shape index (κ3) is 5.48. The molecule has 0 aromatic heterocycles. The van der Waals surface area contributed by atoms with Gasteiger partial charge in [-0.05, 0) is 45.4 Å². The zero-order valence-corrected chi connectivity index (χ0v) is 12.8. The molecule has 0 aliphatic heterocycles. The zero-order valence-electron chi connectivity index (χ0n) is 12.8. The van der Waals surface area contributed by atoms with Gasteiger partial charge >= 0.3 is 0 Å². The molecule has 0 aliphatic rings. The van der Waals surface area contributed by atoms with Crippen LogP contribution >= 0.6 is 0 Å². The molecule has 1 rings (SSSR count). The van der Waals surface area contributed by atoms with Crippen molar-refractivity contribution in [3.8, 4) is 5.75 Å². The molecule has 0 radical (unpaired) electrons. The molecule has 0 saturated heterocycles. The van der Waals surface area contributed by atoms with Crippen molar-refractivity contribution in [1.29, 1.82) is 0 Å². The maximum Gasteiger partial charge on any atom is 0.124 e. The lowest BCUT2D eigenvalue weighted by Gasteiger charge is -2.19. The lowest BCUT2D eigenvalue weighted by molar-refractivity contribution is 0.314. The van der Waals surface area contributed by atoms with E-state index in [1.165, 1.54) is 11.1 Å². The van der Waals surface area contributed by atoms with Gasteiger partial charge in [-0.25, -0.2) is 0 Å². The minimum Gasteiger partial charge on any atom is -0.493 e. The fourth-order valence-electron chi connectivity index (χ4n) is 1.93. The van der Waals surface area contributed by atoms with Gasteiger partial charge in [0.25, 0.3) is 0 Å². The molecule has 19 heavy (non-hydrogen) atoms. The van der Waals surface area contributed by atoms with Crippen molar-refractivity contribution in [2.24, 2.45) is 0 Å². The number of ether oxygens (including phenoxy) is 1. The van der Waals surface area contributed by atoms with E-state index in [9.17, 15) is 0 Å². The third-order valence-electron chi connectivity index (χ3n) is 3.12. The normalized spacial score (nSPS) is 12.2. The highest BCUT2D eigenvalue weighted by Crippen LogP contribution is 2.26. The predicted octanol–water partition coefficient (Wildman–Crippen LogP) is 4.40. The number of aryl methyl sites for hydroxylation is 1. The summed E-state index contributed by atoms with van der Waals surface area (Å²) in [6.45, 7) is 14.1. The minimum atomic E-state index is 0.320. The lowest BCUT2D eigenvalue weighted by Crippen LogP contribution is -2.20. The van der Waals surface area contributed by atoms with Gasteiger partial charge in [-0.2, -0.15) is 0 Å². The quantitative estimate of drug-likeness (QED) is 0.700. The maximum atomic E-state index is 5.93. The lowest BCUT2D eigenvalue weighted by atomic mass is 10.0. The first kappa shape index (κ1) is 15.8. The summed E-state index contributed by atoms with van der Waals surface area (Å²) >= 11 is 0. The minimum absolute atomic E-state index is 0.320. The molecular weight excluding hydrogens is 234 g/mol. The Balaban J connectivity index is 2.75. The SMILES string of the molecule is C=C(C)CCOc1cc(C)ccc1C(C)NCCC. The largest absolute Gasteiger partial charge is 0.493 e. The van der Waals surface area contributed by atoms with Gasteiger partial charge in [0, 0.05) is 18.0 Å². The summed E-state index contributed by atoms with van der Waals surface area (Å²) in [4.78, 5) is 0. The number of nitrogens with one attached hydrogen (secondary N) is 1. The second-order valence-corrected chi connectivity index (χ2v) is 5.27. The molecule has 0 fully saturated rings. The monoisotopic (exact) mass is 261 g/mol. The molecule has 1 aromatic carbocycles. The van der Waals surface area contributed by atoms with E-state index in [-0.39, 0.29) is 0 Å². The van der Waals surface area contributed by atoms with Gasteiger partial charge < -0.3 is 10.1 Å². The molecule has 1 aromatic rings. The zero-order chi connectivity index (χ0) is 14.3. The van der Waals surface area contributed by atoms with Crippen LogP contribution in [0.4, 0.5) is 0 Å². The van der Waals surface area contributed by atoms with Crippen LogP contribution in [0.5, 0.6) is 5.75 Å². The van der Waals surface area contributed by atoms with Crippen LogP contribution in [0.1, 0.15) is 50.8 Å². The van der Waals surface area contributed by atoms with Crippen molar-refractivity contribution < 1.29 is 4.74 Å². The topological polar surface area (TPSA) is 21.3 Å². The molecule has 1 unspecified atom stereocenters. The summed E-state index contributed by atoms with van der Waals surface area (Å²) in [6.07, 6.45) is 2.05. The van der Waals surface area contributed by atoms with E-state index in [1.807, 2.05) is 6.92 Å². The summed E-state index contributed by atoms with van der Waals surface area (Å²) in [5, 5.41) is 3.51. The summed E-state index contributed by atoms with van der Waals surface area (Å²) in [7, 11) is 0. The van der Waals surface area contributed by atoms with Crippen molar-refractivity contribution in [1.82, 2.24) is 5.32 Å². The Morgan fingerprint density at radius 2 is 2.16 bits per heavy atom. The maximum absolute atomic E-state index is 5.93. The Morgan fingerprint density at radius 1 is 1.42 bits per heavy atom. The standard InChI is InChI=1S/C17H27NO/c1-6-10-18-15(5)16-8-7-14(4)12-17(16)19-11-9-13(2)3/h7-8,12,15,18H,2,6,9-11H2,1,3-5H3. The van der Waals surface area contributed by atoms with Crippen molar-refractivity contribution in [3.05, 3.63) is 41.5 Å². The average molecular weight is 261 g/mol. The van der Waals surface area contributed by atoms with Crippen molar-refractivity contribution in [2.45, 2.75) is 46.6 Å². The third-order valence-corrected chi connectivity index (χ3v) is 3.12. The van der Waals surface area contributed by atoms with Gasteiger partial charge in [0.05, 0.1) is 6.61 Å². The highest BCUT2D eigenvalue weighted by atomic mass is 16.5. The van der Waals surface area contributed by atoms with Crippen LogP contribution in [0, 0.1) is 6.92 Å². The van der Waals surface area contributed by atoms with E-state index in [2.05, 4.69) is 50.9 Å². The van der Waals surface area contributed by atoms with Crippen LogP contribution in [0.25, 0.3) is 0 Å². The van der Waals surface area contributed by atoms with Crippen LogP contribution in [0.15, 0.2) is 30.4 Å². The van der Waals surface area contributed by atoms with Crippen LogP contribution < -0.4 is 10.1 Å². The van der Waals surface area contributed by atoms with Gasteiger partial charge in [0.15, 0.2) is 0 Å². The van der Waals surface area contributed by atoms with E-state index in [4.69, 9.17) is 4.74 Å².